The lowest BCUT2D eigenvalue weighted by atomic mass is 10.2. The van der Waals surface area contributed by atoms with Gasteiger partial charge in [-0.2, -0.15) is 0 Å². The van der Waals surface area contributed by atoms with Crippen molar-refractivity contribution in [2.24, 2.45) is 0 Å². The number of nitrogens with zero attached hydrogens (tertiary/aromatic N) is 1. The summed E-state index contributed by atoms with van der Waals surface area (Å²) in [5, 5.41) is 18.2. The molecule has 5 nitrogen and oxygen atoms in total. The fourth-order valence-electron chi connectivity index (χ4n) is 1.56. The van der Waals surface area contributed by atoms with Crippen LogP contribution in [0, 0.1) is 0 Å². The number of aliphatic carboxylic acids is 1. The van der Waals surface area contributed by atoms with Gasteiger partial charge >= 0.3 is 5.97 Å². The van der Waals surface area contributed by atoms with Crippen LogP contribution in [0.3, 0.4) is 0 Å². The molecule has 1 aliphatic carbocycles. The van der Waals surface area contributed by atoms with Crippen molar-refractivity contribution in [2.45, 2.75) is 38.1 Å². The van der Waals surface area contributed by atoms with Crippen LogP contribution in [-0.4, -0.2) is 33.3 Å². The van der Waals surface area contributed by atoms with E-state index in [0.717, 1.165) is 25.7 Å². The molecule has 0 spiro atoms. The third kappa shape index (κ3) is 2.69. The Morgan fingerprint density at radius 2 is 1.85 bits per heavy atom. The number of hydrogen-bond donors (Lipinski definition) is 2. The molecule has 74 valence electrons. The molecule has 0 radical (unpaired) electrons. The van der Waals surface area contributed by atoms with Gasteiger partial charge in [0.25, 0.3) is 5.91 Å². The van der Waals surface area contributed by atoms with Gasteiger partial charge in [0.15, 0.2) is 0 Å². The molecule has 0 heterocycles. The predicted molar refractivity (Wildman–Crippen MR) is 43.1 cm³/mol. The second-order valence-electron chi connectivity index (χ2n) is 3.25. The van der Waals surface area contributed by atoms with Gasteiger partial charge in [-0.05, 0) is 12.8 Å². The molecule has 0 bridgehead atoms. The topological polar surface area (TPSA) is 77.8 Å². The Hall–Kier alpha value is -1.10. The zero-order valence-electron chi connectivity index (χ0n) is 7.27. The molecular weight excluding hydrogens is 174 g/mol. The lowest BCUT2D eigenvalue weighted by molar-refractivity contribution is -0.177. The molecule has 0 saturated heterocycles. The fraction of sp³-hybridized carbons (Fsp3) is 0.750. The predicted octanol–water partition coefficient (Wildman–Crippen LogP) is 0.621. The van der Waals surface area contributed by atoms with Crippen molar-refractivity contribution in [3.05, 3.63) is 0 Å². The Morgan fingerprint density at radius 1 is 1.31 bits per heavy atom. The first-order valence-electron chi connectivity index (χ1n) is 4.34. The highest BCUT2D eigenvalue weighted by Gasteiger charge is 2.26. The molecule has 0 aromatic rings. The molecule has 1 amide bonds. The van der Waals surface area contributed by atoms with Crippen molar-refractivity contribution in [3.8, 4) is 0 Å². The number of carbonyl (C=O) groups is 2. The second-order valence-corrected chi connectivity index (χ2v) is 3.25. The number of hydroxylamine groups is 2. The van der Waals surface area contributed by atoms with E-state index >= 15 is 0 Å². The average Bonchev–Trinajstić information content (AvgIpc) is 2.53. The molecule has 0 aromatic carbocycles. The molecule has 2 N–H and O–H groups in total. The van der Waals surface area contributed by atoms with E-state index < -0.39 is 18.3 Å². The molecule has 13 heavy (non-hydrogen) atoms. The first kappa shape index (κ1) is 9.98. The summed E-state index contributed by atoms with van der Waals surface area (Å²) < 4.78 is 0. The van der Waals surface area contributed by atoms with Gasteiger partial charge in [0.05, 0.1) is 6.04 Å². The SMILES string of the molecule is O=C(O)CC(=O)N(O)C1CCCC1. The highest BCUT2D eigenvalue weighted by Crippen LogP contribution is 2.22. The molecule has 0 unspecified atom stereocenters. The van der Waals surface area contributed by atoms with Gasteiger partial charge in [-0.15, -0.1) is 0 Å². The van der Waals surface area contributed by atoms with E-state index in [1.165, 1.54) is 0 Å². The lowest BCUT2D eigenvalue weighted by Crippen LogP contribution is -2.36. The van der Waals surface area contributed by atoms with Crippen LogP contribution in [-0.2, 0) is 9.59 Å². The van der Waals surface area contributed by atoms with Gasteiger partial charge in [0.1, 0.15) is 6.42 Å². The maximum Gasteiger partial charge on any atom is 0.312 e. The van der Waals surface area contributed by atoms with Crippen LogP contribution in [0.2, 0.25) is 0 Å². The average molecular weight is 187 g/mol. The summed E-state index contributed by atoms with van der Waals surface area (Å²) in [6.45, 7) is 0. The van der Waals surface area contributed by atoms with Crippen molar-refractivity contribution in [1.82, 2.24) is 5.06 Å². The molecule has 0 atom stereocenters. The van der Waals surface area contributed by atoms with Crippen molar-refractivity contribution >= 4 is 11.9 Å². The number of amides is 1. The quantitative estimate of drug-likeness (QED) is 0.385. The van der Waals surface area contributed by atoms with E-state index in [4.69, 9.17) is 5.11 Å². The number of hydrogen-bond acceptors (Lipinski definition) is 3. The summed E-state index contributed by atoms with van der Waals surface area (Å²) in [5.74, 6) is -1.93. The Bertz CT molecular complexity index is 210. The van der Waals surface area contributed by atoms with Crippen LogP contribution in [0.15, 0.2) is 0 Å². The second kappa shape index (κ2) is 4.23. The van der Waals surface area contributed by atoms with E-state index in [0.29, 0.717) is 5.06 Å². The van der Waals surface area contributed by atoms with Gasteiger partial charge in [-0.3, -0.25) is 14.8 Å². The maximum absolute atomic E-state index is 11.0. The minimum atomic E-state index is -1.21. The Balaban J connectivity index is 2.41. The van der Waals surface area contributed by atoms with E-state index in [2.05, 4.69) is 0 Å². The van der Waals surface area contributed by atoms with Gasteiger partial charge in [0, 0.05) is 0 Å². The normalized spacial score (nSPS) is 17.3. The molecule has 0 aromatic heterocycles. The van der Waals surface area contributed by atoms with Crippen molar-refractivity contribution in [1.29, 1.82) is 0 Å². The van der Waals surface area contributed by atoms with Crippen LogP contribution >= 0.6 is 0 Å². The molecular formula is C8H13NO4. The largest absolute Gasteiger partial charge is 0.481 e. The number of carbonyl (C=O) groups excluding carboxylic acids is 1. The summed E-state index contributed by atoms with van der Waals surface area (Å²) in [6.07, 6.45) is 2.88. The van der Waals surface area contributed by atoms with Gasteiger partial charge < -0.3 is 5.11 Å². The van der Waals surface area contributed by atoms with Crippen molar-refractivity contribution < 1.29 is 19.9 Å². The van der Waals surface area contributed by atoms with Crippen molar-refractivity contribution in [2.75, 3.05) is 0 Å². The van der Waals surface area contributed by atoms with Crippen molar-refractivity contribution in [3.63, 3.8) is 0 Å². The van der Waals surface area contributed by atoms with E-state index in [1.54, 1.807) is 0 Å². The Labute approximate surface area is 75.9 Å². The maximum atomic E-state index is 11.0. The van der Waals surface area contributed by atoms with E-state index in [9.17, 15) is 14.8 Å². The fourth-order valence-corrected chi connectivity index (χ4v) is 1.56. The third-order valence-corrected chi connectivity index (χ3v) is 2.23. The number of rotatable bonds is 3. The Morgan fingerprint density at radius 3 is 2.31 bits per heavy atom. The van der Waals surface area contributed by atoms with Crippen LogP contribution < -0.4 is 0 Å². The number of carboxylic acid groups (broad SMARTS) is 1. The summed E-state index contributed by atoms with van der Waals surface area (Å²) in [5.41, 5.74) is 0. The van der Waals surface area contributed by atoms with Crippen LogP contribution in [0.25, 0.3) is 0 Å². The van der Waals surface area contributed by atoms with E-state index in [1.807, 2.05) is 0 Å². The molecule has 1 fully saturated rings. The van der Waals surface area contributed by atoms with Gasteiger partial charge in [-0.1, -0.05) is 12.8 Å². The molecule has 1 rings (SSSR count). The zero-order valence-corrected chi connectivity index (χ0v) is 7.27. The summed E-state index contributed by atoms with van der Waals surface area (Å²) in [6, 6.07) is -0.174. The highest BCUT2D eigenvalue weighted by molar-refractivity contribution is 5.92. The highest BCUT2D eigenvalue weighted by atomic mass is 16.5. The first-order valence-corrected chi connectivity index (χ1v) is 4.34. The summed E-state index contributed by atoms with van der Waals surface area (Å²) in [4.78, 5) is 21.2. The summed E-state index contributed by atoms with van der Waals surface area (Å²) in [7, 11) is 0. The van der Waals surface area contributed by atoms with Gasteiger partial charge in [0.2, 0.25) is 0 Å². The minimum absolute atomic E-state index is 0.174. The molecule has 5 heteroatoms. The lowest BCUT2D eigenvalue weighted by Gasteiger charge is -2.20. The Kier molecular flexibility index (Phi) is 3.25. The zero-order chi connectivity index (χ0) is 9.84. The third-order valence-electron chi connectivity index (χ3n) is 2.23. The molecule has 0 aliphatic heterocycles. The van der Waals surface area contributed by atoms with Crippen LogP contribution in [0.4, 0.5) is 0 Å². The molecule has 1 aliphatic rings. The van der Waals surface area contributed by atoms with Crippen LogP contribution in [0.5, 0.6) is 0 Å². The van der Waals surface area contributed by atoms with Crippen LogP contribution in [0.1, 0.15) is 32.1 Å². The van der Waals surface area contributed by atoms with Gasteiger partial charge in [-0.25, -0.2) is 5.06 Å². The smallest absolute Gasteiger partial charge is 0.312 e. The monoisotopic (exact) mass is 187 g/mol. The standard InChI is InChI=1S/C8H13NO4/c10-7(5-8(11)12)9(13)6-3-1-2-4-6/h6,13H,1-5H2,(H,11,12). The summed E-state index contributed by atoms with van der Waals surface area (Å²) >= 11 is 0. The number of carboxylic acids is 1. The minimum Gasteiger partial charge on any atom is -0.481 e. The first-order chi connectivity index (χ1) is 6.11. The van der Waals surface area contributed by atoms with E-state index in [-0.39, 0.29) is 6.04 Å². The molecule has 1 saturated carbocycles.